The number of hydrogen-bond acceptors (Lipinski definition) is 4. The van der Waals surface area contributed by atoms with Gasteiger partial charge in [-0.15, -0.1) is 0 Å². The van der Waals surface area contributed by atoms with Gasteiger partial charge >= 0.3 is 6.09 Å². The Bertz CT molecular complexity index is 586. The second-order valence-electron chi connectivity index (χ2n) is 6.52. The lowest BCUT2D eigenvalue weighted by molar-refractivity contribution is -0.122. The quantitative estimate of drug-likeness (QED) is 0.792. The average Bonchev–Trinajstić information content (AvgIpc) is 2.45. The minimum atomic E-state index is -0.582. The highest BCUT2D eigenvalue weighted by Crippen LogP contribution is 2.22. The molecule has 0 aliphatic carbocycles. The van der Waals surface area contributed by atoms with Gasteiger partial charge in [0.25, 0.3) is 0 Å². The monoisotopic (exact) mass is 383 g/mol. The summed E-state index contributed by atoms with van der Waals surface area (Å²) in [7, 11) is 0. The van der Waals surface area contributed by atoms with Crippen molar-refractivity contribution in [3.05, 3.63) is 22.8 Å². The number of halogens is 1. The third-order valence-corrected chi connectivity index (χ3v) is 3.84. The number of likely N-dealkylation sites (tertiary alicyclic amines) is 1. The summed E-state index contributed by atoms with van der Waals surface area (Å²) in [6.07, 6.45) is 1.96. The molecule has 1 N–H and O–H groups in total. The SMILES string of the molecule is CC(C)(C)OC(=O)N1CCCCC1C(=O)Nc1cccc(Br)n1. The molecule has 0 bridgehead atoms. The van der Waals surface area contributed by atoms with Crippen molar-refractivity contribution in [3.63, 3.8) is 0 Å². The Kier molecular flexibility index (Phi) is 5.62. The van der Waals surface area contributed by atoms with E-state index in [-0.39, 0.29) is 5.91 Å². The Morgan fingerprint density at radius 1 is 1.35 bits per heavy atom. The van der Waals surface area contributed by atoms with Crippen molar-refractivity contribution in [1.29, 1.82) is 0 Å². The summed E-state index contributed by atoms with van der Waals surface area (Å²) in [5.74, 6) is 0.222. The van der Waals surface area contributed by atoms with Crippen molar-refractivity contribution < 1.29 is 14.3 Å². The number of rotatable bonds is 2. The van der Waals surface area contributed by atoms with Gasteiger partial charge in [0, 0.05) is 6.54 Å². The number of ether oxygens (including phenoxy) is 1. The maximum atomic E-state index is 12.5. The van der Waals surface area contributed by atoms with Crippen LogP contribution in [0.15, 0.2) is 22.8 Å². The fourth-order valence-corrected chi connectivity index (χ4v) is 2.77. The topological polar surface area (TPSA) is 71.5 Å². The number of nitrogens with one attached hydrogen (secondary N) is 1. The van der Waals surface area contributed by atoms with Gasteiger partial charge < -0.3 is 10.1 Å². The van der Waals surface area contributed by atoms with Crippen molar-refractivity contribution >= 4 is 33.7 Å². The molecule has 1 unspecified atom stereocenters. The molecule has 1 aromatic rings. The summed E-state index contributed by atoms with van der Waals surface area (Å²) in [4.78, 5) is 30.6. The van der Waals surface area contributed by atoms with Crippen LogP contribution in [-0.2, 0) is 9.53 Å². The predicted molar refractivity (Wildman–Crippen MR) is 91.1 cm³/mol. The zero-order valence-electron chi connectivity index (χ0n) is 13.6. The second-order valence-corrected chi connectivity index (χ2v) is 7.33. The third kappa shape index (κ3) is 5.20. The van der Waals surface area contributed by atoms with E-state index in [9.17, 15) is 9.59 Å². The van der Waals surface area contributed by atoms with Crippen molar-refractivity contribution in [3.8, 4) is 0 Å². The van der Waals surface area contributed by atoms with Crippen LogP contribution in [0.2, 0.25) is 0 Å². The molecule has 1 aliphatic rings. The summed E-state index contributed by atoms with van der Waals surface area (Å²) in [5.41, 5.74) is -0.582. The van der Waals surface area contributed by atoms with E-state index in [1.54, 1.807) is 18.2 Å². The third-order valence-electron chi connectivity index (χ3n) is 3.40. The molecule has 0 spiro atoms. The molecule has 1 aromatic heterocycles. The maximum Gasteiger partial charge on any atom is 0.410 e. The average molecular weight is 384 g/mol. The van der Waals surface area contributed by atoms with Gasteiger partial charge in [-0.2, -0.15) is 0 Å². The van der Waals surface area contributed by atoms with Gasteiger partial charge in [-0.3, -0.25) is 9.69 Å². The first-order valence-electron chi connectivity index (χ1n) is 7.69. The number of aromatic nitrogens is 1. The molecule has 0 radical (unpaired) electrons. The lowest BCUT2D eigenvalue weighted by Crippen LogP contribution is -2.51. The molecule has 1 atom stereocenters. The summed E-state index contributed by atoms with van der Waals surface area (Å²) in [5, 5.41) is 2.77. The van der Waals surface area contributed by atoms with Crippen molar-refractivity contribution in [2.75, 3.05) is 11.9 Å². The van der Waals surface area contributed by atoms with E-state index < -0.39 is 17.7 Å². The van der Waals surface area contributed by atoms with Gasteiger partial charge in [0.2, 0.25) is 5.91 Å². The number of carbonyl (C=O) groups is 2. The Labute approximate surface area is 144 Å². The normalized spacial score (nSPS) is 18.4. The van der Waals surface area contributed by atoms with Crippen LogP contribution in [-0.4, -0.2) is 40.1 Å². The number of hydrogen-bond donors (Lipinski definition) is 1. The molecule has 2 heterocycles. The van der Waals surface area contributed by atoms with Crippen LogP contribution in [0.25, 0.3) is 0 Å². The molecule has 2 amide bonds. The molecule has 1 aliphatic heterocycles. The number of nitrogens with zero attached hydrogens (tertiary/aromatic N) is 2. The molecule has 0 aromatic carbocycles. The predicted octanol–water partition coefficient (Wildman–Crippen LogP) is 3.57. The zero-order valence-corrected chi connectivity index (χ0v) is 15.2. The molecule has 126 valence electrons. The van der Waals surface area contributed by atoms with Crippen LogP contribution < -0.4 is 5.32 Å². The summed E-state index contributed by atoms with van der Waals surface area (Å²) < 4.78 is 6.05. The van der Waals surface area contributed by atoms with Crippen LogP contribution in [0.4, 0.5) is 10.6 Å². The summed E-state index contributed by atoms with van der Waals surface area (Å²) >= 11 is 3.27. The minimum Gasteiger partial charge on any atom is -0.444 e. The van der Waals surface area contributed by atoms with E-state index in [2.05, 4.69) is 26.2 Å². The van der Waals surface area contributed by atoms with E-state index in [4.69, 9.17) is 4.74 Å². The Morgan fingerprint density at radius 3 is 2.74 bits per heavy atom. The molecule has 1 saturated heterocycles. The fourth-order valence-electron chi connectivity index (χ4n) is 2.43. The maximum absolute atomic E-state index is 12.5. The summed E-state index contributed by atoms with van der Waals surface area (Å²) in [6.45, 7) is 5.97. The molecule has 23 heavy (non-hydrogen) atoms. The molecular weight excluding hydrogens is 362 g/mol. The van der Waals surface area contributed by atoms with Gasteiger partial charge in [0.15, 0.2) is 0 Å². The van der Waals surface area contributed by atoms with Crippen LogP contribution in [0.5, 0.6) is 0 Å². The van der Waals surface area contributed by atoms with Gasteiger partial charge in [0.05, 0.1) is 0 Å². The van der Waals surface area contributed by atoms with Crippen molar-refractivity contribution in [2.24, 2.45) is 0 Å². The van der Waals surface area contributed by atoms with Crippen LogP contribution in [0.3, 0.4) is 0 Å². The van der Waals surface area contributed by atoms with Crippen LogP contribution >= 0.6 is 15.9 Å². The molecule has 6 nitrogen and oxygen atoms in total. The van der Waals surface area contributed by atoms with Gasteiger partial charge in [0.1, 0.15) is 22.1 Å². The number of piperidine rings is 1. The first-order valence-corrected chi connectivity index (χ1v) is 8.48. The van der Waals surface area contributed by atoms with Crippen LogP contribution in [0.1, 0.15) is 40.0 Å². The zero-order chi connectivity index (χ0) is 17.0. The number of amides is 2. The van der Waals surface area contributed by atoms with E-state index in [0.29, 0.717) is 23.4 Å². The van der Waals surface area contributed by atoms with Gasteiger partial charge in [-0.1, -0.05) is 6.07 Å². The van der Waals surface area contributed by atoms with Crippen molar-refractivity contribution in [1.82, 2.24) is 9.88 Å². The van der Waals surface area contributed by atoms with E-state index in [1.165, 1.54) is 4.90 Å². The van der Waals surface area contributed by atoms with E-state index >= 15 is 0 Å². The van der Waals surface area contributed by atoms with E-state index in [1.807, 2.05) is 20.8 Å². The standard InChI is InChI=1S/C16H22BrN3O3/c1-16(2,3)23-15(22)20-10-5-4-7-11(20)14(21)19-13-9-6-8-12(17)18-13/h6,8-9,11H,4-5,7,10H2,1-3H3,(H,18,19,21). The highest BCUT2D eigenvalue weighted by atomic mass is 79.9. The lowest BCUT2D eigenvalue weighted by atomic mass is 10.0. The largest absolute Gasteiger partial charge is 0.444 e. The van der Waals surface area contributed by atoms with Crippen molar-refractivity contribution in [2.45, 2.75) is 51.7 Å². The summed E-state index contributed by atoms with van der Waals surface area (Å²) in [6, 6.07) is 4.76. The Hall–Kier alpha value is -1.63. The Morgan fingerprint density at radius 2 is 2.09 bits per heavy atom. The molecular formula is C16H22BrN3O3. The molecule has 2 rings (SSSR count). The lowest BCUT2D eigenvalue weighted by Gasteiger charge is -2.35. The Balaban J connectivity index is 2.08. The first kappa shape index (κ1) is 17.7. The molecule has 0 saturated carbocycles. The molecule has 7 heteroatoms. The smallest absolute Gasteiger partial charge is 0.410 e. The van der Waals surface area contributed by atoms with Gasteiger partial charge in [-0.05, 0) is 68.1 Å². The highest BCUT2D eigenvalue weighted by molar-refractivity contribution is 9.10. The number of pyridine rings is 1. The molecule has 1 fully saturated rings. The fraction of sp³-hybridized carbons (Fsp3) is 0.562. The minimum absolute atomic E-state index is 0.235. The first-order chi connectivity index (χ1) is 10.8. The highest BCUT2D eigenvalue weighted by Gasteiger charge is 2.34. The van der Waals surface area contributed by atoms with E-state index in [0.717, 1.165) is 12.8 Å². The van der Waals surface area contributed by atoms with Crippen LogP contribution in [0, 0.1) is 0 Å². The number of carbonyl (C=O) groups excluding carboxylic acids is 2. The van der Waals surface area contributed by atoms with Gasteiger partial charge in [-0.25, -0.2) is 9.78 Å². The number of anilines is 1. The second kappa shape index (κ2) is 7.29.